The van der Waals surface area contributed by atoms with Gasteiger partial charge in [-0.05, 0) is 41.7 Å². The molecule has 0 fully saturated rings. The lowest BCUT2D eigenvalue weighted by atomic mass is 9.65. The second kappa shape index (κ2) is 12.3. The molecule has 2 heterocycles. The second-order valence-electron chi connectivity index (χ2n) is 12.4. The van der Waals surface area contributed by atoms with Crippen LogP contribution >= 0.6 is 11.3 Å². The van der Waals surface area contributed by atoms with Crippen molar-refractivity contribution in [3.05, 3.63) is 87.8 Å². The lowest BCUT2D eigenvalue weighted by Gasteiger charge is -2.37. The van der Waals surface area contributed by atoms with Gasteiger partial charge in [-0.1, -0.05) is 75.4 Å². The molecule has 0 bridgehead atoms. The summed E-state index contributed by atoms with van der Waals surface area (Å²) in [6.45, 7) is 7.33. The van der Waals surface area contributed by atoms with Gasteiger partial charge in [-0.15, -0.1) is 15.7 Å². The Morgan fingerprint density at radius 2 is 1.78 bits per heavy atom. The van der Waals surface area contributed by atoms with Gasteiger partial charge in [0.15, 0.2) is 11.6 Å². The minimum Gasteiger partial charge on any atom is -0.506 e. The molecule has 1 atom stereocenters. The third-order valence-corrected chi connectivity index (χ3v) is 11.2. The fraction of sp³-hybridized carbons (Fsp3) is 0.323. The molecular formula is C31H34N4O8S3. The highest BCUT2D eigenvalue weighted by Gasteiger charge is 2.47. The first-order chi connectivity index (χ1) is 21.5. The Morgan fingerprint density at radius 1 is 1.11 bits per heavy atom. The Hall–Kier alpha value is -4.05. The zero-order valence-electron chi connectivity index (χ0n) is 25.6. The summed E-state index contributed by atoms with van der Waals surface area (Å²) in [4.78, 5) is 25.9. The van der Waals surface area contributed by atoms with Gasteiger partial charge in [-0.2, -0.15) is 21.6 Å². The van der Waals surface area contributed by atoms with Crippen molar-refractivity contribution in [2.24, 2.45) is 9.81 Å². The highest BCUT2D eigenvalue weighted by Crippen LogP contribution is 2.46. The minimum absolute atomic E-state index is 0.0619. The number of carbonyl (C=O) groups excluding carboxylic acids is 2. The van der Waals surface area contributed by atoms with Crippen LogP contribution in [0.15, 0.2) is 74.8 Å². The van der Waals surface area contributed by atoms with Crippen LogP contribution in [-0.2, 0) is 48.3 Å². The summed E-state index contributed by atoms with van der Waals surface area (Å²) in [6.07, 6.45) is -0.0801. The maximum absolute atomic E-state index is 14.1. The molecule has 0 saturated carbocycles. The number of hydrogen-bond acceptors (Lipinski definition) is 10. The van der Waals surface area contributed by atoms with Crippen LogP contribution in [0.25, 0.3) is 5.76 Å². The van der Waals surface area contributed by atoms with Crippen LogP contribution in [-0.4, -0.2) is 39.7 Å². The van der Waals surface area contributed by atoms with E-state index in [2.05, 4.69) is 35.2 Å². The smallest absolute Gasteiger partial charge is 0.422 e. The van der Waals surface area contributed by atoms with E-state index in [1.165, 1.54) is 5.38 Å². The Morgan fingerprint density at radius 3 is 2.48 bits per heavy atom. The average Bonchev–Trinajstić information content (AvgIpc) is 3.41. The molecule has 3 aromatic rings. The summed E-state index contributed by atoms with van der Waals surface area (Å²) in [5, 5.41) is 15.7. The van der Waals surface area contributed by atoms with E-state index in [9.17, 15) is 31.5 Å². The number of ketones is 1. The highest BCUT2D eigenvalue weighted by molar-refractivity contribution is 7.91. The number of aliphatic hydroxyl groups is 1. The van der Waals surface area contributed by atoms with Crippen molar-refractivity contribution in [2.45, 2.75) is 64.0 Å². The molecule has 2 aromatic carbocycles. The van der Waals surface area contributed by atoms with Crippen LogP contribution in [0, 0.1) is 5.41 Å². The van der Waals surface area contributed by atoms with Crippen molar-refractivity contribution in [2.75, 3.05) is 5.32 Å². The molecule has 244 valence electrons. The number of thiophene rings is 1. The molecule has 46 heavy (non-hydrogen) atoms. The van der Waals surface area contributed by atoms with Crippen LogP contribution in [0.5, 0.6) is 0 Å². The number of nitrogens with one attached hydrogen (secondary N) is 3. The van der Waals surface area contributed by atoms with E-state index < -0.39 is 44.1 Å². The van der Waals surface area contributed by atoms with E-state index in [1.54, 1.807) is 66.2 Å². The van der Waals surface area contributed by atoms with Gasteiger partial charge in [0.2, 0.25) is 0 Å². The van der Waals surface area contributed by atoms with E-state index in [4.69, 9.17) is 4.74 Å². The highest BCUT2D eigenvalue weighted by atomic mass is 32.2. The number of nitrogens with zero attached hydrogens (tertiary/aromatic N) is 1. The maximum atomic E-state index is 14.1. The van der Waals surface area contributed by atoms with Gasteiger partial charge in [0.1, 0.15) is 27.8 Å². The molecular weight excluding hydrogens is 653 g/mol. The van der Waals surface area contributed by atoms with Gasteiger partial charge in [0, 0.05) is 17.7 Å². The fourth-order valence-electron chi connectivity index (χ4n) is 5.25. The molecule has 2 aliphatic rings. The number of rotatable bonds is 9. The summed E-state index contributed by atoms with van der Waals surface area (Å²) in [5.74, 6) is -1.16. The topological polar surface area (TPSA) is 180 Å². The summed E-state index contributed by atoms with van der Waals surface area (Å²) in [6, 6.07) is 15.6. The Bertz CT molecular complexity index is 1980. The molecule has 1 aromatic heterocycles. The SMILES string of the molecule is CC(C)(C)CC[C@@]1(C)C(=O)C(C2=NS(=O)(=O)c3c(CNS(=O)(=O)NC(=O)OCc4ccccc4)csc3N2)=C(O)c2ccccc21. The van der Waals surface area contributed by atoms with Crippen LogP contribution < -0.4 is 14.8 Å². The number of amides is 1. The summed E-state index contributed by atoms with van der Waals surface area (Å²) in [5.41, 5.74) is 0.389. The number of Topliss-reactive ketones (excluding diaryl/α,β-unsaturated/α-hetero) is 1. The van der Waals surface area contributed by atoms with E-state index in [0.29, 0.717) is 29.5 Å². The van der Waals surface area contributed by atoms with Crippen molar-refractivity contribution in [3.63, 3.8) is 0 Å². The van der Waals surface area contributed by atoms with Gasteiger partial charge in [0.25, 0.3) is 10.0 Å². The normalized spacial score (nSPS) is 19.0. The first-order valence-corrected chi connectivity index (χ1v) is 18.1. The molecule has 12 nitrogen and oxygen atoms in total. The number of sulfonamides is 1. The van der Waals surface area contributed by atoms with E-state index in [0.717, 1.165) is 11.3 Å². The van der Waals surface area contributed by atoms with Crippen molar-refractivity contribution >= 4 is 60.0 Å². The zero-order valence-corrected chi connectivity index (χ0v) is 28.0. The number of benzene rings is 2. The minimum atomic E-state index is -4.46. The molecule has 0 spiro atoms. The number of carbonyl (C=O) groups is 2. The molecule has 5 rings (SSSR count). The van der Waals surface area contributed by atoms with Crippen LogP contribution in [0.1, 0.15) is 62.8 Å². The lowest BCUT2D eigenvalue weighted by Crippen LogP contribution is -2.42. The first-order valence-electron chi connectivity index (χ1n) is 14.3. The second-order valence-corrected chi connectivity index (χ2v) is 16.4. The third-order valence-electron chi connectivity index (χ3n) is 7.75. The van der Waals surface area contributed by atoms with E-state index >= 15 is 0 Å². The first kappa shape index (κ1) is 33.3. The van der Waals surface area contributed by atoms with Crippen molar-refractivity contribution in [1.29, 1.82) is 0 Å². The molecule has 0 radical (unpaired) electrons. The molecule has 1 aliphatic carbocycles. The van der Waals surface area contributed by atoms with Crippen molar-refractivity contribution in [1.82, 2.24) is 9.44 Å². The summed E-state index contributed by atoms with van der Waals surface area (Å²) >= 11 is 0.960. The number of fused-ring (bicyclic) bond motifs is 2. The molecule has 15 heteroatoms. The van der Waals surface area contributed by atoms with Crippen LogP contribution in [0.4, 0.5) is 9.80 Å². The van der Waals surface area contributed by atoms with Crippen LogP contribution in [0.3, 0.4) is 0 Å². The van der Waals surface area contributed by atoms with Gasteiger partial charge in [-0.3, -0.25) is 4.79 Å². The Labute approximate surface area is 271 Å². The Kier molecular flexibility index (Phi) is 8.90. The van der Waals surface area contributed by atoms with Gasteiger partial charge < -0.3 is 15.2 Å². The predicted molar refractivity (Wildman–Crippen MR) is 175 cm³/mol. The third kappa shape index (κ3) is 6.87. The van der Waals surface area contributed by atoms with Crippen LogP contribution in [0.2, 0.25) is 0 Å². The molecule has 1 amide bonds. The lowest BCUT2D eigenvalue weighted by molar-refractivity contribution is -0.120. The largest absolute Gasteiger partial charge is 0.506 e. The van der Waals surface area contributed by atoms with Gasteiger partial charge in [-0.25, -0.2) is 9.52 Å². The summed E-state index contributed by atoms with van der Waals surface area (Å²) < 4.78 is 64.7. The van der Waals surface area contributed by atoms with E-state index in [1.807, 2.05) is 0 Å². The number of hydrogen-bond donors (Lipinski definition) is 4. The van der Waals surface area contributed by atoms with Gasteiger partial charge >= 0.3 is 16.3 Å². The summed E-state index contributed by atoms with van der Waals surface area (Å²) in [7, 11) is -8.89. The average molecular weight is 687 g/mol. The van der Waals surface area contributed by atoms with E-state index in [-0.39, 0.29) is 44.6 Å². The molecule has 0 saturated heterocycles. The molecule has 0 unspecified atom stereocenters. The predicted octanol–water partition coefficient (Wildman–Crippen LogP) is 5.16. The number of aliphatic hydroxyl groups excluding tert-OH is 1. The van der Waals surface area contributed by atoms with Crippen molar-refractivity contribution in [3.8, 4) is 0 Å². The molecule has 4 N–H and O–H groups in total. The fourth-order valence-corrected chi connectivity index (χ4v) is 8.56. The molecule has 1 aliphatic heterocycles. The number of anilines is 1. The zero-order chi connectivity index (χ0) is 33.5. The standard InChI is InChI=1S/C31H34N4O8S3/c1-30(2,3)14-15-31(4)22-13-9-8-12-21(22)24(36)23(26(31)37)27-33-28-25(45(39,40)34-27)20(18-44-28)16-32-46(41,42)35-29(38)43-17-19-10-6-5-7-11-19/h5-13,18,32,36H,14-17H2,1-4H3,(H,33,34)(H,35,38)/t31-/m1/s1. The quantitative estimate of drug-likeness (QED) is 0.237. The number of ether oxygens (including phenoxy) is 1. The van der Waals surface area contributed by atoms with Gasteiger partial charge in [0.05, 0.1) is 5.41 Å². The Balaban J connectivity index is 1.37. The van der Waals surface area contributed by atoms with Crippen molar-refractivity contribution < 1.29 is 36.3 Å². The monoisotopic (exact) mass is 686 g/mol. The number of amidine groups is 1. The maximum Gasteiger partial charge on any atom is 0.422 e.